The summed E-state index contributed by atoms with van der Waals surface area (Å²) in [5, 5.41) is 9.95. The highest BCUT2D eigenvalue weighted by atomic mass is 16.6. The lowest BCUT2D eigenvalue weighted by Gasteiger charge is -2.05. The highest BCUT2D eigenvalue weighted by molar-refractivity contribution is 5.69. The van der Waals surface area contributed by atoms with Gasteiger partial charge in [-0.05, 0) is 0 Å². The maximum atomic E-state index is 10.6. The van der Waals surface area contributed by atoms with Gasteiger partial charge in [0.1, 0.15) is 6.10 Å². The zero-order valence-corrected chi connectivity index (χ0v) is 6.30. The SMILES string of the molecule is O=C1NC[C@H](Cn2ccnn2)O1. The molecule has 6 nitrogen and oxygen atoms in total. The van der Waals surface area contributed by atoms with Crippen LogP contribution in [0.1, 0.15) is 0 Å². The smallest absolute Gasteiger partial charge is 0.407 e. The Hall–Kier alpha value is -1.59. The fraction of sp³-hybridized carbons (Fsp3) is 0.500. The fourth-order valence-electron chi connectivity index (χ4n) is 1.07. The first-order chi connectivity index (χ1) is 5.84. The summed E-state index contributed by atoms with van der Waals surface area (Å²) >= 11 is 0. The molecular weight excluding hydrogens is 160 g/mol. The third-order valence-corrected chi connectivity index (χ3v) is 1.61. The van der Waals surface area contributed by atoms with Gasteiger partial charge in [-0.15, -0.1) is 5.10 Å². The molecule has 1 saturated heterocycles. The first-order valence-corrected chi connectivity index (χ1v) is 3.63. The minimum absolute atomic E-state index is 0.126. The summed E-state index contributed by atoms with van der Waals surface area (Å²) in [5.74, 6) is 0. The quantitative estimate of drug-likeness (QED) is 0.639. The molecule has 0 aromatic carbocycles. The Kier molecular flexibility index (Phi) is 1.65. The Morgan fingerprint density at radius 2 is 2.75 bits per heavy atom. The number of nitrogens with zero attached hydrogens (tertiary/aromatic N) is 3. The second-order valence-electron chi connectivity index (χ2n) is 2.53. The van der Waals surface area contributed by atoms with Crippen molar-refractivity contribution in [3.63, 3.8) is 0 Å². The summed E-state index contributed by atoms with van der Waals surface area (Å²) in [5.41, 5.74) is 0. The number of alkyl carbamates (subject to hydrolysis) is 1. The van der Waals surface area contributed by atoms with Crippen molar-refractivity contribution in [1.29, 1.82) is 0 Å². The number of cyclic esters (lactones) is 1. The van der Waals surface area contributed by atoms with Crippen LogP contribution in [-0.2, 0) is 11.3 Å². The fourth-order valence-corrected chi connectivity index (χ4v) is 1.07. The van der Waals surface area contributed by atoms with Gasteiger partial charge in [0, 0.05) is 6.20 Å². The minimum atomic E-state index is -0.361. The first-order valence-electron chi connectivity index (χ1n) is 3.63. The molecule has 0 saturated carbocycles. The predicted molar refractivity (Wildman–Crippen MR) is 38.3 cm³/mol. The van der Waals surface area contributed by atoms with Crippen molar-refractivity contribution < 1.29 is 9.53 Å². The van der Waals surface area contributed by atoms with Gasteiger partial charge in [0.05, 0.1) is 19.3 Å². The van der Waals surface area contributed by atoms with Gasteiger partial charge in [-0.3, -0.25) is 0 Å². The maximum Gasteiger partial charge on any atom is 0.407 e. The molecule has 0 spiro atoms. The zero-order chi connectivity index (χ0) is 8.39. The van der Waals surface area contributed by atoms with Crippen molar-refractivity contribution in [2.75, 3.05) is 6.54 Å². The summed E-state index contributed by atoms with van der Waals surface area (Å²) in [6, 6.07) is 0. The zero-order valence-electron chi connectivity index (χ0n) is 6.30. The van der Waals surface area contributed by atoms with Crippen molar-refractivity contribution in [1.82, 2.24) is 20.3 Å². The van der Waals surface area contributed by atoms with E-state index in [4.69, 9.17) is 4.74 Å². The summed E-state index contributed by atoms with van der Waals surface area (Å²) in [6.45, 7) is 1.09. The second kappa shape index (κ2) is 2.80. The summed E-state index contributed by atoms with van der Waals surface area (Å²) in [4.78, 5) is 10.6. The average Bonchev–Trinajstić information content (AvgIpc) is 2.63. The van der Waals surface area contributed by atoms with E-state index in [0.717, 1.165) is 0 Å². The van der Waals surface area contributed by atoms with E-state index in [2.05, 4.69) is 15.6 Å². The number of hydrogen-bond acceptors (Lipinski definition) is 4. The molecule has 1 fully saturated rings. The van der Waals surface area contributed by atoms with E-state index in [1.54, 1.807) is 17.1 Å². The standard InChI is InChI=1S/C6H8N4O2/c11-6-7-3-5(12-6)4-10-2-1-8-9-10/h1-2,5H,3-4H2,(H,7,11)/t5-/m1/s1. The first kappa shape index (κ1) is 7.08. The van der Waals surface area contributed by atoms with Crippen LogP contribution in [-0.4, -0.2) is 33.7 Å². The molecule has 12 heavy (non-hydrogen) atoms. The third-order valence-electron chi connectivity index (χ3n) is 1.61. The van der Waals surface area contributed by atoms with Crippen molar-refractivity contribution in [2.45, 2.75) is 12.6 Å². The van der Waals surface area contributed by atoms with E-state index in [-0.39, 0.29) is 12.2 Å². The number of nitrogens with one attached hydrogen (secondary N) is 1. The number of amides is 1. The van der Waals surface area contributed by atoms with Crippen molar-refractivity contribution >= 4 is 6.09 Å². The molecule has 0 bridgehead atoms. The highest BCUT2D eigenvalue weighted by Crippen LogP contribution is 2.01. The number of rotatable bonds is 2. The molecule has 1 aromatic rings. The number of hydrogen-bond donors (Lipinski definition) is 1. The summed E-state index contributed by atoms with van der Waals surface area (Å²) in [7, 11) is 0. The van der Waals surface area contributed by atoms with E-state index in [9.17, 15) is 4.79 Å². The van der Waals surface area contributed by atoms with Crippen LogP contribution in [0.5, 0.6) is 0 Å². The minimum Gasteiger partial charge on any atom is -0.442 e. The van der Waals surface area contributed by atoms with Gasteiger partial charge in [-0.2, -0.15) is 0 Å². The van der Waals surface area contributed by atoms with Gasteiger partial charge >= 0.3 is 6.09 Å². The van der Waals surface area contributed by atoms with Crippen LogP contribution in [0.2, 0.25) is 0 Å². The molecule has 1 aliphatic rings. The molecule has 1 N–H and O–H groups in total. The van der Waals surface area contributed by atoms with Crippen LogP contribution >= 0.6 is 0 Å². The lowest BCUT2D eigenvalue weighted by molar-refractivity contribution is 0.128. The molecule has 6 heteroatoms. The predicted octanol–water partition coefficient (Wildman–Crippen LogP) is -0.614. The number of ether oxygens (including phenoxy) is 1. The van der Waals surface area contributed by atoms with E-state index in [1.165, 1.54) is 0 Å². The molecule has 1 atom stereocenters. The highest BCUT2D eigenvalue weighted by Gasteiger charge is 2.22. The molecule has 0 aliphatic carbocycles. The molecule has 2 heterocycles. The maximum absolute atomic E-state index is 10.6. The molecule has 64 valence electrons. The van der Waals surface area contributed by atoms with Gasteiger partial charge < -0.3 is 10.1 Å². The van der Waals surface area contributed by atoms with Crippen LogP contribution in [0.25, 0.3) is 0 Å². The van der Waals surface area contributed by atoms with Crippen molar-refractivity contribution in [3.8, 4) is 0 Å². The van der Waals surface area contributed by atoms with Crippen LogP contribution < -0.4 is 5.32 Å². The second-order valence-corrected chi connectivity index (χ2v) is 2.53. The largest absolute Gasteiger partial charge is 0.442 e. The van der Waals surface area contributed by atoms with Gasteiger partial charge in [0.2, 0.25) is 0 Å². The van der Waals surface area contributed by atoms with Crippen LogP contribution in [0.4, 0.5) is 4.79 Å². The average molecular weight is 168 g/mol. The monoisotopic (exact) mass is 168 g/mol. The van der Waals surface area contributed by atoms with Gasteiger partial charge in [-0.25, -0.2) is 9.48 Å². The van der Waals surface area contributed by atoms with Gasteiger partial charge in [0.15, 0.2) is 0 Å². The van der Waals surface area contributed by atoms with Crippen LogP contribution in [0.15, 0.2) is 12.4 Å². The molecule has 1 amide bonds. The van der Waals surface area contributed by atoms with E-state index in [0.29, 0.717) is 13.1 Å². The molecule has 1 aliphatic heterocycles. The summed E-state index contributed by atoms with van der Waals surface area (Å²) < 4.78 is 6.53. The number of carbonyl (C=O) groups excluding carboxylic acids is 1. The number of carbonyl (C=O) groups is 1. The van der Waals surface area contributed by atoms with Crippen molar-refractivity contribution in [3.05, 3.63) is 12.4 Å². The Labute approximate surface area is 68.5 Å². The molecule has 2 rings (SSSR count). The Bertz CT molecular complexity index is 271. The van der Waals surface area contributed by atoms with E-state index < -0.39 is 0 Å². The lowest BCUT2D eigenvalue weighted by atomic mass is 10.4. The molecule has 0 radical (unpaired) electrons. The van der Waals surface area contributed by atoms with Crippen LogP contribution in [0.3, 0.4) is 0 Å². The Morgan fingerprint density at radius 1 is 1.83 bits per heavy atom. The third kappa shape index (κ3) is 1.36. The van der Waals surface area contributed by atoms with E-state index in [1.807, 2.05) is 0 Å². The Morgan fingerprint density at radius 3 is 3.33 bits per heavy atom. The lowest BCUT2D eigenvalue weighted by Crippen LogP contribution is -2.20. The number of aromatic nitrogens is 3. The van der Waals surface area contributed by atoms with Crippen molar-refractivity contribution in [2.24, 2.45) is 0 Å². The summed E-state index contributed by atoms with van der Waals surface area (Å²) in [6.07, 6.45) is 2.83. The van der Waals surface area contributed by atoms with Gasteiger partial charge in [0.25, 0.3) is 0 Å². The van der Waals surface area contributed by atoms with E-state index >= 15 is 0 Å². The van der Waals surface area contributed by atoms with Crippen LogP contribution in [0, 0.1) is 0 Å². The molecule has 1 aromatic heterocycles. The van der Waals surface area contributed by atoms with Gasteiger partial charge in [-0.1, -0.05) is 5.21 Å². The Balaban J connectivity index is 1.92. The molecular formula is C6H8N4O2. The normalized spacial score (nSPS) is 22.0. The topological polar surface area (TPSA) is 69.0 Å². The molecule has 0 unspecified atom stereocenters.